The van der Waals surface area contributed by atoms with Crippen LogP contribution in [-0.4, -0.2) is 25.5 Å². The van der Waals surface area contributed by atoms with Crippen molar-refractivity contribution in [2.24, 2.45) is 0 Å². The van der Waals surface area contributed by atoms with E-state index in [-0.39, 0.29) is 6.61 Å². The Hall–Kier alpha value is -2.40. The fraction of sp³-hybridized carbons (Fsp3) is 0.294. The number of fused-ring (bicyclic) bond motifs is 1. The molecule has 1 fully saturated rings. The van der Waals surface area contributed by atoms with Crippen molar-refractivity contribution >= 4 is 11.5 Å². The Morgan fingerprint density at radius 2 is 2.18 bits per heavy atom. The molecule has 0 unspecified atom stereocenters. The molecule has 22 heavy (non-hydrogen) atoms. The number of anilines is 1. The van der Waals surface area contributed by atoms with Gasteiger partial charge in [-0.25, -0.2) is 9.97 Å². The van der Waals surface area contributed by atoms with Gasteiger partial charge in [-0.15, -0.1) is 0 Å². The summed E-state index contributed by atoms with van der Waals surface area (Å²) in [6.07, 6.45) is 7.51. The first kappa shape index (κ1) is 13.3. The fourth-order valence-electron chi connectivity index (χ4n) is 2.73. The van der Waals surface area contributed by atoms with E-state index in [1.54, 1.807) is 0 Å². The molecule has 3 heterocycles. The van der Waals surface area contributed by atoms with E-state index in [9.17, 15) is 5.11 Å². The zero-order valence-electron chi connectivity index (χ0n) is 12.2. The topological polar surface area (TPSA) is 62.5 Å². The average Bonchev–Trinajstić information content (AvgIpc) is 2.94. The van der Waals surface area contributed by atoms with E-state index in [1.807, 2.05) is 47.1 Å². The van der Waals surface area contributed by atoms with Gasteiger partial charge in [0.05, 0.1) is 24.2 Å². The van der Waals surface area contributed by atoms with E-state index in [0.717, 1.165) is 28.4 Å². The normalized spacial score (nSPS) is 15.0. The molecule has 3 aromatic rings. The van der Waals surface area contributed by atoms with Crippen LogP contribution in [0.25, 0.3) is 17.0 Å². The molecule has 0 atom stereocenters. The third-order valence-corrected chi connectivity index (χ3v) is 4.23. The first-order valence-corrected chi connectivity index (χ1v) is 7.64. The maximum atomic E-state index is 9.21. The second-order valence-corrected chi connectivity index (χ2v) is 5.74. The molecular formula is C17H18N4O. The summed E-state index contributed by atoms with van der Waals surface area (Å²) >= 11 is 0. The number of imidazole rings is 1. The number of aliphatic hydroxyl groups is 1. The minimum Gasteiger partial charge on any atom is -0.392 e. The van der Waals surface area contributed by atoms with Gasteiger partial charge in [0.15, 0.2) is 0 Å². The number of hydrogen-bond donors (Lipinski definition) is 2. The number of hydrogen-bond acceptors (Lipinski definition) is 4. The molecule has 0 spiro atoms. The van der Waals surface area contributed by atoms with Gasteiger partial charge in [-0.2, -0.15) is 0 Å². The largest absolute Gasteiger partial charge is 0.392 e. The molecule has 1 aliphatic rings. The predicted molar refractivity (Wildman–Crippen MR) is 85.6 cm³/mol. The SMILES string of the molecule is OCc1ccn2c(-c3cccc(NC4CCC4)n3)cnc2c1. The van der Waals surface area contributed by atoms with E-state index in [1.165, 1.54) is 19.3 Å². The van der Waals surface area contributed by atoms with E-state index in [4.69, 9.17) is 4.98 Å². The molecule has 0 aromatic carbocycles. The predicted octanol–water partition coefficient (Wildman–Crippen LogP) is 2.85. The average molecular weight is 294 g/mol. The summed E-state index contributed by atoms with van der Waals surface area (Å²) in [6.45, 7) is 0.0255. The number of aromatic nitrogens is 3. The van der Waals surface area contributed by atoms with Gasteiger partial charge < -0.3 is 10.4 Å². The number of nitrogens with zero attached hydrogens (tertiary/aromatic N) is 3. The molecular weight excluding hydrogens is 276 g/mol. The zero-order valence-corrected chi connectivity index (χ0v) is 12.2. The molecule has 2 N–H and O–H groups in total. The lowest BCUT2D eigenvalue weighted by atomic mass is 9.93. The summed E-state index contributed by atoms with van der Waals surface area (Å²) in [5.41, 5.74) is 3.53. The first-order chi connectivity index (χ1) is 10.8. The molecule has 0 amide bonds. The number of aliphatic hydroxyl groups excluding tert-OH is 1. The Morgan fingerprint density at radius 1 is 1.27 bits per heavy atom. The quantitative estimate of drug-likeness (QED) is 0.776. The fourth-order valence-corrected chi connectivity index (χ4v) is 2.73. The number of rotatable bonds is 4. The van der Waals surface area contributed by atoms with Gasteiger partial charge in [-0.3, -0.25) is 4.40 Å². The molecule has 0 bridgehead atoms. The molecule has 0 aliphatic heterocycles. The van der Waals surface area contributed by atoms with Crippen LogP contribution in [-0.2, 0) is 6.61 Å². The Bertz CT molecular complexity index is 807. The Morgan fingerprint density at radius 3 is 2.95 bits per heavy atom. The summed E-state index contributed by atoms with van der Waals surface area (Å²) in [6, 6.07) is 10.4. The van der Waals surface area contributed by atoms with E-state index in [2.05, 4.69) is 10.3 Å². The van der Waals surface area contributed by atoms with Crippen molar-refractivity contribution in [3.8, 4) is 11.4 Å². The minimum absolute atomic E-state index is 0.0255. The van der Waals surface area contributed by atoms with Gasteiger partial charge in [0.25, 0.3) is 0 Å². The van der Waals surface area contributed by atoms with Gasteiger partial charge in [0.2, 0.25) is 0 Å². The van der Waals surface area contributed by atoms with Gasteiger partial charge in [-0.05, 0) is 49.1 Å². The molecule has 3 aromatic heterocycles. The molecule has 1 aliphatic carbocycles. The summed E-state index contributed by atoms with van der Waals surface area (Å²) in [7, 11) is 0. The van der Waals surface area contributed by atoms with Gasteiger partial charge in [0, 0.05) is 12.2 Å². The van der Waals surface area contributed by atoms with Crippen LogP contribution in [0, 0.1) is 0 Å². The number of pyridine rings is 2. The maximum absolute atomic E-state index is 9.21. The van der Waals surface area contributed by atoms with Gasteiger partial charge in [-0.1, -0.05) is 6.07 Å². The van der Waals surface area contributed by atoms with Crippen LogP contribution < -0.4 is 5.32 Å². The number of nitrogens with one attached hydrogen (secondary N) is 1. The monoisotopic (exact) mass is 294 g/mol. The van der Waals surface area contributed by atoms with Crippen LogP contribution in [0.3, 0.4) is 0 Å². The summed E-state index contributed by atoms with van der Waals surface area (Å²) in [5.74, 6) is 0.920. The summed E-state index contributed by atoms with van der Waals surface area (Å²) in [5, 5.41) is 12.7. The van der Waals surface area contributed by atoms with Gasteiger partial charge in [0.1, 0.15) is 11.5 Å². The third kappa shape index (κ3) is 2.33. The smallest absolute Gasteiger partial charge is 0.137 e. The zero-order chi connectivity index (χ0) is 14.9. The lowest BCUT2D eigenvalue weighted by molar-refractivity contribution is 0.282. The Balaban J connectivity index is 1.70. The van der Waals surface area contributed by atoms with E-state index in [0.29, 0.717) is 6.04 Å². The molecule has 1 saturated carbocycles. The highest BCUT2D eigenvalue weighted by atomic mass is 16.3. The minimum atomic E-state index is 0.0255. The van der Waals surface area contributed by atoms with E-state index < -0.39 is 0 Å². The molecule has 0 radical (unpaired) electrons. The van der Waals surface area contributed by atoms with Crippen molar-refractivity contribution in [2.45, 2.75) is 31.9 Å². The summed E-state index contributed by atoms with van der Waals surface area (Å²) in [4.78, 5) is 9.12. The van der Waals surface area contributed by atoms with Crippen molar-refractivity contribution in [1.29, 1.82) is 0 Å². The molecule has 5 nitrogen and oxygen atoms in total. The molecule has 112 valence electrons. The lowest BCUT2D eigenvalue weighted by Gasteiger charge is -2.27. The highest BCUT2D eigenvalue weighted by Crippen LogP contribution is 2.25. The molecule has 5 heteroatoms. The molecule has 0 saturated heterocycles. The van der Waals surface area contributed by atoms with Crippen molar-refractivity contribution in [1.82, 2.24) is 14.4 Å². The highest BCUT2D eigenvalue weighted by molar-refractivity contribution is 5.62. The van der Waals surface area contributed by atoms with Crippen LogP contribution >= 0.6 is 0 Å². The first-order valence-electron chi connectivity index (χ1n) is 7.64. The van der Waals surface area contributed by atoms with E-state index >= 15 is 0 Å². The second-order valence-electron chi connectivity index (χ2n) is 5.74. The lowest BCUT2D eigenvalue weighted by Crippen LogP contribution is -2.27. The van der Waals surface area contributed by atoms with Crippen LogP contribution in [0.15, 0.2) is 42.7 Å². The van der Waals surface area contributed by atoms with Crippen molar-refractivity contribution < 1.29 is 5.11 Å². The maximum Gasteiger partial charge on any atom is 0.137 e. The van der Waals surface area contributed by atoms with Gasteiger partial charge >= 0.3 is 0 Å². The van der Waals surface area contributed by atoms with Crippen LogP contribution in [0.1, 0.15) is 24.8 Å². The standard InChI is InChI=1S/C17H18N4O/c22-11-12-7-8-21-15(10-18-17(21)9-12)14-5-2-6-16(20-14)19-13-3-1-4-13/h2,5-10,13,22H,1,3-4,11H2,(H,19,20). The highest BCUT2D eigenvalue weighted by Gasteiger charge is 2.17. The van der Waals surface area contributed by atoms with Crippen LogP contribution in [0.2, 0.25) is 0 Å². The van der Waals surface area contributed by atoms with Crippen molar-refractivity contribution in [3.63, 3.8) is 0 Å². The third-order valence-electron chi connectivity index (χ3n) is 4.23. The summed E-state index contributed by atoms with van der Waals surface area (Å²) < 4.78 is 1.99. The van der Waals surface area contributed by atoms with Crippen molar-refractivity contribution in [2.75, 3.05) is 5.32 Å². The van der Waals surface area contributed by atoms with Crippen LogP contribution in [0.5, 0.6) is 0 Å². The second kappa shape index (κ2) is 5.42. The Kier molecular flexibility index (Phi) is 3.27. The van der Waals surface area contributed by atoms with Crippen molar-refractivity contribution in [3.05, 3.63) is 48.3 Å². The van der Waals surface area contributed by atoms with Crippen LogP contribution in [0.4, 0.5) is 5.82 Å². The molecule has 4 rings (SSSR count). The Labute approximate surface area is 128 Å².